The quantitative estimate of drug-likeness (QED) is 0.196. The monoisotopic (exact) mass is 484 g/mol. The highest BCUT2D eigenvalue weighted by Gasteiger charge is 2.45. The van der Waals surface area contributed by atoms with Crippen molar-refractivity contribution in [1.29, 1.82) is 0 Å². The predicted octanol–water partition coefficient (Wildman–Crippen LogP) is 9.61. The largest absolute Gasteiger partial charge is 0.113 e. The molecule has 0 nitrogen and oxygen atoms in total. The van der Waals surface area contributed by atoms with Crippen molar-refractivity contribution in [3.8, 4) is 0 Å². The zero-order valence-electron chi connectivity index (χ0n) is 19.3. The summed E-state index contributed by atoms with van der Waals surface area (Å²) < 4.78 is 0. The van der Waals surface area contributed by atoms with Gasteiger partial charge in [0.05, 0.1) is 10.8 Å². The molecule has 0 aliphatic heterocycles. The van der Waals surface area contributed by atoms with Gasteiger partial charge in [0.1, 0.15) is 8.07 Å². The zero-order valence-corrected chi connectivity index (χ0v) is 21.9. The molecular formula is C30H26Cl2Si. The van der Waals surface area contributed by atoms with Crippen LogP contribution in [0.3, 0.4) is 0 Å². The highest BCUT2D eigenvalue weighted by molar-refractivity contribution is 7.09. The molecule has 0 heterocycles. The number of hydrogen-bond acceptors (Lipinski definition) is 0. The zero-order chi connectivity index (χ0) is 23.1. The predicted molar refractivity (Wildman–Crippen MR) is 148 cm³/mol. The lowest BCUT2D eigenvalue weighted by Gasteiger charge is -2.30. The number of fused-ring (bicyclic) bond motifs is 6. The van der Waals surface area contributed by atoms with Gasteiger partial charge in [-0.25, -0.2) is 0 Å². The average molecular weight is 486 g/mol. The molecular weight excluding hydrogens is 459 g/mol. The maximum absolute atomic E-state index is 7.15. The molecule has 0 aromatic heterocycles. The van der Waals surface area contributed by atoms with Crippen LogP contribution in [0.25, 0.3) is 31.9 Å². The van der Waals surface area contributed by atoms with Gasteiger partial charge in [-0.3, -0.25) is 0 Å². The highest BCUT2D eigenvalue weighted by Crippen LogP contribution is 2.57. The lowest BCUT2D eigenvalue weighted by atomic mass is 10.00. The van der Waals surface area contributed by atoms with Gasteiger partial charge in [-0.05, 0) is 68.0 Å². The standard InChI is InChI=1S/C30H26Cl2Si/c1-17-27(31)25-21-11-7-5-9-19(21)13-15-23(25)29(17)33(3,4)30-18(2)28(32)26-22-12-8-6-10-20(22)14-16-24(26)30/h5-16,27-28H,1-4H3. The highest BCUT2D eigenvalue weighted by atomic mass is 35.5. The van der Waals surface area contributed by atoms with Crippen LogP contribution in [0.15, 0.2) is 83.9 Å². The van der Waals surface area contributed by atoms with Crippen LogP contribution in [-0.4, -0.2) is 8.07 Å². The summed E-state index contributed by atoms with van der Waals surface area (Å²) in [7, 11) is -2.13. The molecule has 164 valence electrons. The molecule has 0 spiro atoms. The van der Waals surface area contributed by atoms with E-state index >= 15 is 0 Å². The smallest absolute Gasteiger partial charge is 0.113 e. The second-order valence-electron chi connectivity index (χ2n) is 9.96. The van der Waals surface area contributed by atoms with E-state index in [0.29, 0.717) is 0 Å². The summed E-state index contributed by atoms with van der Waals surface area (Å²) in [5.74, 6) is 0. The van der Waals surface area contributed by atoms with Crippen molar-refractivity contribution in [1.82, 2.24) is 0 Å². The van der Waals surface area contributed by atoms with Crippen LogP contribution in [0.5, 0.6) is 0 Å². The summed E-state index contributed by atoms with van der Waals surface area (Å²) in [6.07, 6.45) is 0. The molecule has 3 heteroatoms. The SMILES string of the molecule is CC1=C([Si](C)(C)C2=C(C)C(Cl)c3c2ccc2ccccc32)c2ccc3ccccc3c2C1Cl. The molecule has 33 heavy (non-hydrogen) atoms. The van der Waals surface area contributed by atoms with E-state index in [-0.39, 0.29) is 10.8 Å². The minimum Gasteiger partial charge on any atom is -0.113 e. The maximum Gasteiger partial charge on any atom is 0.113 e. The molecule has 0 saturated carbocycles. The molecule has 0 radical (unpaired) electrons. The van der Waals surface area contributed by atoms with Gasteiger partial charge < -0.3 is 0 Å². The van der Waals surface area contributed by atoms with Gasteiger partial charge >= 0.3 is 0 Å². The van der Waals surface area contributed by atoms with Gasteiger partial charge in [-0.15, -0.1) is 23.2 Å². The first-order valence-corrected chi connectivity index (χ1v) is 15.4. The fourth-order valence-electron chi connectivity index (χ4n) is 6.47. The molecule has 2 atom stereocenters. The van der Waals surface area contributed by atoms with Gasteiger partial charge in [0.2, 0.25) is 0 Å². The van der Waals surface area contributed by atoms with Crippen LogP contribution < -0.4 is 0 Å². The third kappa shape index (κ3) is 2.83. The Balaban J connectivity index is 1.60. The minimum absolute atomic E-state index is 0.0851. The van der Waals surface area contributed by atoms with Gasteiger partial charge in [0.25, 0.3) is 0 Å². The summed E-state index contributed by atoms with van der Waals surface area (Å²) in [4.78, 5) is 0. The molecule has 4 aromatic carbocycles. The number of benzene rings is 4. The Bertz CT molecular complexity index is 1420. The molecule has 6 rings (SSSR count). The Morgan fingerprint density at radius 1 is 0.576 bits per heavy atom. The fourth-order valence-corrected chi connectivity index (χ4v) is 11.6. The first-order valence-electron chi connectivity index (χ1n) is 11.6. The summed E-state index contributed by atoms with van der Waals surface area (Å²) >= 11 is 14.3. The Morgan fingerprint density at radius 3 is 1.39 bits per heavy atom. The van der Waals surface area contributed by atoms with Crippen molar-refractivity contribution in [2.45, 2.75) is 37.7 Å². The van der Waals surface area contributed by atoms with Crippen LogP contribution in [0.1, 0.15) is 46.9 Å². The van der Waals surface area contributed by atoms with E-state index < -0.39 is 8.07 Å². The molecule has 2 aliphatic carbocycles. The Hall–Kier alpha value is -2.32. The Labute approximate surface area is 206 Å². The van der Waals surface area contributed by atoms with E-state index in [4.69, 9.17) is 23.2 Å². The third-order valence-electron chi connectivity index (χ3n) is 7.79. The molecule has 2 unspecified atom stereocenters. The summed E-state index contributed by atoms with van der Waals surface area (Å²) in [6, 6.07) is 26.3. The van der Waals surface area contributed by atoms with E-state index in [1.54, 1.807) is 0 Å². The summed E-state index contributed by atoms with van der Waals surface area (Å²) in [6.45, 7) is 9.43. The molecule has 0 N–H and O–H groups in total. The number of rotatable bonds is 2. The van der Waals surface area contributed by atoms with Crippen LogP contribution in [0.2, 0.25) is 13.1 Å². The van der Waals surface area contributed by atoms with Crippen LogP contribution in [0.4, 0.5) is 0 Å². The fraction of sp³-hybridized carbons (Fsp3) is 0.200. The van der Waals surface area contributed by atoms with Crippen LogP contribution in [0, 0.1) is 0 Å². The number of allylic oxidation sites excluding steroid dienone is 2. The van der Waals surface area contributed by atoms with Crippen LogP contribution in [-0.2, 0) is 0 Å². The Kier molecular flexibility index (Phi) is 4.72. The molecule has 0 fully saturated rings. The lowest BCUT2D eigenvalue weighted by molar-refractivity contribution is 1.16. The van der Waals surface area contributed by atoms with Gasteiger partial charge in [0.15, 0.2) is 0 Å². The first-order chi connectivity index (χ1) is 15.8. The van der Waals surface area contributed by atoms with Gasteiger partial charge in [0, 0.05) is 0 Å². The molecule has 0 saturated heterocycles. The second-order valence-corrected chi connectivity index (χ2v) is 15.1. The van der Waals surface area contributed by atoms with Crippen molar-refractivity contribution in [3.05, 3.63) is 106 Å². The maximum atomic E-state index is 7.15. The van der Waals surface area contributed by atoms with E-state index in [0.717, 1.165) is 0 Å². The Morgan fingerprint density at radius 2 is 0.970 bits per heavy atom. The van der Waals surface area contributed by atoms with E-state index in [1.165, 1.54) is 65.3 Å². The van der Waals surface area contributed by atoms with Crippen molar-refractivity contribution < 1.29 is 0 Å². The van der Waals surface area contributed by atoms with E-state index in [1.807, 2.05) is 0 Å². The molecule has 0 amide bonds. The van der Waals surface area contributed by atoms with E-state index in [2.05, 4.69) is 99.7 Å². The lowest BCUT2D eigenvalue weighted by Crippen LogP contribution is -2.31. The molecule has 2 aliphatic rings. The topological polar surface area (TPSA) is 0 Å². The van der Waals surface area contributed by atoms with Crippen molar-refractivity contribution in [2.24, 2.45) is 0 Å². The van der Waals surface area contributed by atoms with Gasteiger partial charge in [-0.2, -0.15) is 0 Å². The normalized spacial score (nSPS) is 20.2. The molecule has 0 bridgehead atoms. The molecule has 4 aromatic rings. The summed E-state index contributed by atoms with van der Waals surface area (Å²) in [5.41, 5.74) is 7.84. The average Bonchev–Trinajstić information content (AvgIpc) is 3.24. The van der Waals surface area contributed by atoms with Crippen molar-refractivity contribution in [2.75, 3.05) is 0 Å². The summed E-state index contributed by atoms with van der Waals surface area (Å²) in [5, 5.41) is 7.83. The number of halogens is 2. The van der Waals surface area contributed by atoms with E-state index in [9.17, 15) is 0 Å². The van der Waals surface area contributed by atoms with Crippen molar-refractivity contribution in [3.63, 3.8) is 0 Å². The van der Waals surface area contributed by atoms with Crippen LogP contribution >= 0.6 is 23.2 Å². The van der Waals surface area contributed by atoms with Crippen molar-refractivity contribution >= 4 is 63.2 Å². The third-order valence-corrected chi connectivity index (χ3v) is 12.7. The van der Waals surface area contributed by atoms with Gasteiger partial charge in [-0.1, -0.05) is 97.0 Å². The second kappa shape index (κ2) is 7.34. The number of alkyl halides is 2. The first kappa shape index (κ1) is 21.2. The minimum atomic E-state index is -2.13. The number of hydrogen-bond donors (Lipinski definition) is 0.